The number of aliphatic hydroxyl groups is 1. The zero-order valence-corrected chi connectivity index (χ0v) is 23.6. The zero-order valence-electron chi connectivity index (χ0n) is 22.0. The minimum atomic E-state index is -4.31. The molecule has 0 amide bonds. The Morgan fingerprint density at radius 2 is 1.44 bits per heavy atom. The standard InChI is InChI=1S/C26H32O11S2/c1-16-5-9-18(10-6-16)38(28,29)33-14-13-26-22(34-24-23(26)35-25(3,4)36-24)21(20(27)15-32-26)37-39(30,31)19-11-7-17(2)8-12-19/h5-12,20-24,27H,13-15H2,1-4H3/t20-,21-,22+,23-,24+,26+/m0/s1. The molecule has 5 rings (SSSR count). The molecule has 2 aromatic rings. The van der Waals surface area contributed by atoms with Crippen molar-refractivity contribution >= 4 is 20.2 Å². The van der Waals surface area contributed by atoms with E-state index in [-0.39, 0.29) is 29.4 Å². The summed E-state index contributed by atoms with van der Waals surface area (Å²) < 4.78 is 86.8. The molecule has 1 N–H and O–H groups in total. The second kappa shape index (κ2) is 10.2. The Bertz CT molecular complexity index is 1400. The first kappa shape index (κ1) is 28.6. The van der Waals surface area contributed by atoms with E-state index in [0.717, 1.165) is 11.1 Å². The minimum absolute atomic E-state index is 0.00494. The van der Waals surface area contributed by atoms with Gasteiger partial charge in [0.1, 0.15) is 30.0 Å². The van der Waals surface area contributed by atoms with Gasteiger partial charge in [0.05, 0.1) is 23.0 Å². The fourth-order valence-electron chi connectivity index (χ4n) is 5.10. The average molecular weight is 585 g/mol. The van der Waals surface area contributed by atoms with Gasteiger partial charge >= 0.3 is 0 Å². The highest BCUT2D eigenvalue weighted by Gasteiger charge is 2.69. The van der Waals surface area contributed by atoms with Gasteiger partial charge in [-0.25, -0.2) is 0 Å². The summed E-state index contributed by atoms with van der Waals surface area (Å²) in [6, 6.07) is 12.3. The topological polar surface area (TPSA) is 144 Å². The smallest absolute Gasteiger partial charge is 0.297 e. The van der Waals surface area contributed by atoms with Crippen LogP contribution in [0.5, 0.6) is 0 Å². The van der Waals surface area contributed by atoms with Crippen molar-refractivity contribution in [3.8, 4) is 0 Å². The van der Waals surface area contributed by atoms with Crippen LogP contribution < -0.4 is 0 Å². The molecule has 3 aliphatic heterocycles. The molecule has 3 heterocycles. The minimum Gasteiger partial charge on any atom is -0.388 e. The van der Waals surface area contributed by atoms with Crippen molar-refractivity contribution in [3.63, 3.8) is 0 Å². The molecule has 11 nitrogen and oxygen atoms in total. The quantitative estimate of drug-likeness (QED) is 0.456. The molecule has 3 fully saturated rings. The number of aryl methyl sites for hydroxylation is 2. The Morgan fingerprint density at radius 1 is 0.872 bits per heavy atom. The van der Waals surface area contributed by atoms with Crippen LogP contribution >= 0.6 is 0 Å². The Morgan fingerprint density at radius 3 is 2.03 bits per heavy atom. The Hall–Kier alpha value is -1.94. The Kier molecular flexibility index (Phi) is 7.44. The molecule has 214 valence electrons. The van der Waals surface area contributed by atoms with Gasteiger partial charge in [-0.2, -0.15) is 16.8 Å². The second-order valence-electron chi connectivity index (χ2n) is 10.5. The number of hydrogen-bond donors (Lipinski definition) is 1. The number of rotatable bonds is 8. The van der Waals surface area contributed by atoms with E-state index in [2.05, 4.69) is 0 Å². The van der Waals surface area contributed by atoms with E-state index >= 15 is 0 Å². The van der Waals surface area contributed by atoms with Crippen LogP contribution in [0.2, 0.25) is 0 Å². The summed E-state index contributed by atoms with van der Waals surface area (Å²) in [6.45, 7) is 6.38. The van der Waals surface area contributed by atoms with Crippen molar-refractivity contribution in [2.45, 2.75) is 86.0 Å². The summed E-state index contributed by atoms with van der Waals surface area (Å²) in [7, 11) is -8.40. The van der Waals surface area contributed by atoms with Crippen molar-refractivity contribution in [1.82, 2.24) is 0 Å². The van der Waals surface area contributed by atoms with Crippen LogP contribution in [0.15, 0.2) is 58.3 Å². The van der Waals surface area contributed by atoms with Gasteiger partial charge in [0, 0.05) is 6.42 Å². The van der Waals surface area contributed by atoms with Crippen LogP contribution in [0.25, 0.3) is 0 Å². The highest BCUT2D eigenvalue weighted by Crippen LogP contribution is 2.50. The summed E-state index contributed by atoms with van der Waals surface area (Å²) in [4.78, 5) is -0.0913. The largest absolute Gasteiger partial charge is 0.388 e. The van der Waals surface area contributed by atoms with Crippen molar-refractivity contribution in [2.24, 2.45) is 0 Å². The lowest BCUT2D eigenvalue weighted by Gasteiger charge is -2.46. The lowest BCUT2D eigenvalue weighted by molar-refractivity contribution is -0.279. The molecule has 39 heavy (non-hydrogen) atoms. The van der Waals surface area contributed by atoms with Gasteiger partial charge in [0.25, 0.3) is 20.2 Å². The molecule has 2 aromatic carbocycles. The van der Waals surface area contributed by atoms with Gasteiger partial charge in [0.15, 0.2) is 12.1 Å². The van der Waals surface area contributed by atoms with Crippen molar-refractivity contribution in [3.05, 3.63) is 59.7 Å². The third kappa shape index (κ3) is 5.52. The van der Waals surface area contributed by atoms with Crippen LogP contribution in [-0.2, 0) is 47.5 Å². The summed E-state index contributed by atoms with van der Waals surface area (Å²) in [5.74, 6) is -1.05. The molecule has 0 radical (unpaired) electrons. The van der Waals surface area contributed by atoms with E-state index in [9.17, 15) is 21.9 Å². The fourth-order valence-corrected chi connectivity index (χ4v) is 7.11. The molecular formula is C26H32O11S2. The molecule has 0 bridgehead atoms. The van der Waals surface area contributed by atoms with Crippen LogP contribution in [0.3, 0.4) is 0 Å². The maximum Gasteiger partial charge on any atom is 0.297 e. The summed E-state index contributed by atoms with van der Waals surface area (Å²) >= 11 is 0. The normalized spacial score (nSPS) is 32.1. The van der Waals surface area contributed by atoms with Crippen molar-refractivity contribution < 1.29 is 49.3 Å². The SMILES string of the molecule is Cc1ccc(S(=O)(=O)OCC[C@@]23OC[C@H](O)[C@H](OS(=O)(=O)c4ccc(C)cc4)[C@H]2O[C@@H]2OC(C)(C)O[C@@H]23)cc1. The number of ether oxygens (including phenoxy) is 4. The molecular weight excluding hydrogens is 552 g/mol. The fraction of sp³-hybridized carbons (Fsp3) is 0.538. The highest BCUT2D eigenvalue weighted by atomic mass is 32.2. The summed E-state index contributed by atoms with van der Waals surface area (Å²) in [5, 5.41) is 10.8. The second-order valence-corrected chi connectivity index (χ2v) is 13.7. The zero-order chi connectivity index (χ0) is 28.2. The molecule has 3 saturated heterocycles. The predicted molar refractivity (Wildman–Crippen MR) is 136 cm³/mol. The van der Waals surface area contributed by atoms with Crippen LogP contribution in [0.1, 0.15) is 31.4 Å². The summed E-state index contributed by atoms with van der Waals surface area (Å²) in [6.07, 6.45) is -5.87. The number of benzene rings is 2. The first-order chi connectivity index (χ1) is 18.2. The Balaban J connectivity index is 1.41. The lowest BCUT2D eigenvalue weighted by atomic mass is 9.82. The van der Waals surface area contributed by atoms with Crippen LogP contribution in [-0.4, -0.2) is 77.2 Å². The molecule has 0 unspecified atom stereocenters. The van der Waals surface area contributed by atoms with E-state index in [1.807, 2.05) is 13.8 Å². The van der Waals surface area contributed by atoms with Crippen LogP contribution in [0.4, 0.5) is 0 Å². The molecule has 0 aromatic heterocycles. The third-order valence-corrected chi connectivity index (χ3v) is 9.74. The van der Waals surface area contributed by atoms with Crippen molar-refractivity contribution in [1.29, 1.82) is 0 Å². The van der Waals surface area contributed by atoms with Gasteiger partial charge in [-0.3, -0.25) is 8.37 Å². The molecule has 6 atom stereocenters. The first-order valence-corrected chi connectivity index (χ1v) is 15.3. The van der Waals surface area contributed by atoms with Crippen molar-refractivity contribution in [2.75, 3.05) is 13.2 Å². The maximum atomic E-state index is 13.1. The van der Waals surface area contributed by atoms with Gasteiger partial charge in [-0.1, -0.05) is 35.4 Å². The van der Waals surface area contributed by atoms with Gasteiger partial charge in [0.2, 0.25) is 0 Å². The molecule has 3 aliphatic rings. The third-order valence-electron chi connectivity index (χ3n) is 7.09. The van der Waals surface area contributed by atoms with E-state index in [1.54, 1.807) is 38.1 Å². The monoisotopic (exact) mass is 584 g/mol. The number of fused-ring (bicyclic) bond motifs is 3. The average Bonchev–Trinajstić information content (AvgIpc) is 3.32. The molecule has 13 heteroatoms. The van der Waals surface area contributed by atoms with Gasteiger partial charge < -0.3 is 24.1 Å². The van der Waals surface area contributed by atoms with E-state index in [1.165, 1.54) is 24.3 Å². The van der Waals surface area contributed by atoms with E-state index in [4.69, 9.17) is 27.3 Å². The summed E-state index contributed by atoms with van der Waals surface area (Å²) in [5.41, 5.74) is 0.323. The van der Waals surface area contributed by atoms with Gasteiger partial charge in [-0.15, -0.1) is 0 Å². The number of aliphatic hydroxyl groups excluding tert-OH is 1. The molecule has 0 saturated carbocycles. The molecule has 0 aliphatic carbocycles. The first-order valence-electron chi connectivity index (χ1n) is 12.5. The van der Waals surface area contributed by atoms with E-state index < -0.39 is 62.3 Å². The van der Waals surface area contributed by atoms with Gasteiger partial charge in [-0.05, 0) is 52.0 Å². The Labute approximate surface area is 228 Å². The highest BCUT2D eigenvalue weighted by molar-refractivity contribution is 7.87. The predicted octanol–water partition coefficient (Wildman–Crippen LogP) is 2.18. The van der Waals surface area contributed by atoms with Crippen LogP contribution in [0, 0.1) is 13.8 Å². The molecule has 0 spiro atoms. The number of hydrogen-bond acceptors (Lipinski definition) is 11. The van der Waals surface area contributed by atoms with E-state index in [0.29, 0.717) is 0 Å². The lowest BCUT2D eigenvalue weighted by Crippen LogP contribution is -2.64. The maximum absolute atomic E-state index is 13.1.